The van der Waals surface area contributed by atoms with E-state index in [0.29, 0.717) is 24.2 Å². The minimum absolute atomic E-state index is 0.105. The number of hydrogen-bond donors (Lipinski definition) is 0. The Labute approximate surface area is 200 Å². The van der Waals surface area contributed by atoms with Gasteiger partial charge in [-0.2, -0.15) is 0 Å². The van der Waals surface area contributed by atoms with E-state index in [4.69, 9.17) is 16.3 Å². The lowest BCUT2D eigenvalue weighted by Crippen LogP contribution is -2.37. The molecule has 2 aromatic carbocycles. The molecular weight excluding hydrogens is 434 g/mol. The molecule has 172 valence electrons. The van der Waals surface area contributed by atoms with Crippen LogP contribution in [-0.2, 0) is 11.2 Å². The van der Waals surface area contributed by atoms with Gasteiger partial charge >= 0.3 is 0 Å². The smallest absolute Gasteiger partial charge is 0.253 e. The number of morpholine rings is 1. The van der Waals surface area contributed by atoms with E-state index in [2.05, 4.69) is 34.1 Å². The molecule has 2 aliphatic rings. The lowest BCUT2D eigenvalue weighted by atomic mass is 9.91. The molecule has 6 heteroatoms. The first-order valence-electron chi connectivity index (χ1n) is 11.9. The third kappa shape index (κ3) is 4.99. The van der Waals surface area contributed by atoms with E-state index in [1.807, 2.05) is 35.5 Å². The Kier molecular flexibility index (Phi) is 6.79. The second-order valence-corrected chi connectivity index (χ2v) is 9.49. The largest absolute Gasteiger partial charge is 0.378 e. The highest BCUT2D eigenvalue weighted by atomic mass is 35.5. The third-order valence-corrected chi connectivity index (χ3v) is 7.26. The number of pyridine rings is 1. The van der Waals surface area contributed by atoms with Crippen molar-refractivity contribution in [1.29, 1.82) is 0 Å². The number of amides is 1. The average molecular weight is 464 g/mol. The predicted molar refractivity (Wildman–Crippen MR) is 133 cm³/mol. The summed E-state index contributed by atoms with van der Waals surface area (Å²) in [7, 11) is 0. The number of anilines is 1. The molecular formula is C27H30ClN3O2. The van der Waals surface area contributed by atoms with Crippen LogP contribution in [0.3, 0.4) is 0 Å². The number of fused-ring (bicyclic) bond motifs is 1. The lowest BCUT2D eigenvalue weighted by Gasteiger charge is -2.30. The van der Waals surface area contributed by atoms with E-state index < -0.39 is 0 Å². The highest BCUT2D eigenvalue weighted by molar-refractivity contribution is 6.33. The zero-order valence-electron chi connectivity index (χ0n) is 18.9. The summed E-state index contributed by atoms with van der Waals surface area (Å²) in [4.78, 5) is 22.0. The Balaban J connectivity index is 1.26. The van der Waals surface area contributed by atoms with Gasteiger partial charge in [0.1, 0.15) is 0 Å². The summed E-state index contributed by atoms with van der Waals surface area (Å²) in [6, 6.07) is 14.1. The second kappa shape index (κ2) is 10.1. The summed E-state index contributed by atoms with van der Waals surface area (Å²) in [6.07, 6.45) is 8.13. The third-order valence-electron chi connectivity index (χ3n) is 6.94. The first-order valence-corrected chi connectivity index (χ1v) is 12.3. The van der Waals surface area contributed by atoms with E-state index in [1.165, 1.54) is 16.3 Å². The molecule has 2 aliphatic heterocycles. The molecule has 33 heavy (non-hydrogen) atoms. The summed E-state index contributed by atoms with van der Waals surface area (Å²) >= 11 is 6.47. The fourth-order valence-electron chi connectivity index (χ4n) is 5.10. The molecule has 2 saturated heterocycles. The minimum Gasteiger partial charge on any atom is -0.378 e. The molecule has 3 heterocycles. The molecule has 1 amide bonds. The van der Waals surface area contributed by atoms with Gasteiger partial charge in [0, 0.05) is 49.5 Å². The summed E-state index contributed by atoms with van der Waals surface area (Å²) in [5.74, 6) is 0.665. The second-order valence-electron chi connectivity index (χ2n) is 9.08. The Hall–Kier alpha value is -2.63. The van der Waals surface area contributed by atoms with Gasteiger partial charge in [0.05, 0.1) is 23.9 Å². The van der Waals surface area contributed by atoms with Crippen LogP contribution in [0.4, 0.5) is 5.69 Å². The molecule has 5 nitrogen and oxygen atoms in total. The van der Waals surface area contributed by atoms with Crippen LogP contribution in [0, 0.1) is 5.92 Å². The summed E-state index contributed by atoms with van der Waals surface area (Å²) in [5, 5.41) is 3.17. The summed E-state index contributed by atoms with van der Waals surface area (Å²) in [5.41, 5.74) is 2.96. The first kappa shape index (κ1) is 22.2. The quantitative estimate of drug-likeness (QED) is 0.532. The monoisotopic (exact) mass is 463 g/mol. The molecule has 2 fully saturated rings. The maximum atomic E-state index is 13.4. The number of nitrogens with zero attached hydrogens (tertiary/aromatic N) is 3. The molecule has 1 atom stereocenters. The number of halogens is 1. The van der Waals surface area contributed by atoms with Gasteiger partial charge in [-0.25, -0.2) is 0 Å². The molecule has 0 spiro atoms. The number of hydrogen-bond acceptors (Lipinski definition) is 4. The number of carbonyl (C=O) groups is 1. The average Bonchev–Trinajstić information content (AvgIpc) is 3.10. The Morgan fingerprint density at radius 1 is 1.03 bits per heavy atom. The van der Waals surface area contributed by atoms with Crippen LogP contribution in [0.1, 0.15) is 35.2 Å². The number of benzene rings is 2. The van der Waals surface area contributed by atoms with Gasteiger partial charge in [-0.05, 0) is 60.7 Å². The number of rotatable bonds is 4. The normalized spacial score (nSPS) is 19.5. The summed E-state index contributed by atoms with van der Waals surface area (Å²) in [6.45, 7) is 4.57. The van der Waals surface area contributed by atoms with Gasteiger partial charge in [0.25, 0.3) is 5.91 Å². The standard InChI is InChI=1S/C27H30ClN3O2/c28-25-8-7-21(17-26(25)30-12-14-33-15-13-30)27(32)31-10-3-4-20(9-11-31)16-23-19-29-18-22-5-1-2-6-24(22)23/h1-2,5-8,17-20H,3-4,9-16H2/t20-/m0/s1. The molecule has 0 N–H and O–H groups in total. The maximum absolute atomic E-state index is 13.4. The van der Waals surface area contributed by atoms with Crippen molar-refractivity contribution in [3.05, 3.63) is 71.0 Å². The number of likely N-dealkylation sites (tertiary alicyclic amines) is 1. The van der Waals surface area contributed by atoms with Gasteiger partial charge in [0.2, 0.25) is 0 Å². The van der Waals surface area contributed by atoms with Crippen LogP contribution >= 0.6 is 11.6 Å². The van der Waals surface area contributed by atoms with Crippen LogP contribution < -0.4 is 4.90 Å². The Morgan fingerprint density at radius 3 is 2.76 bits per heavy atom. The zero-order chi connectivity index (χ0) is 22.6. The van der Waals surface area contributed by atoms with Crippen LogP contribution in [0.25, 0.3) is 10.8 Å². The van der Waals surface area contributed by atoms with Crippen molar-refractivity contribution in [2.45, 2.75) is 25.7 Å². The molecule has 0 bridgehead atoms. The first-order chi connectivity index (χ1) is 16.2. The fourth-order valence-corrected chi connectivity index (χ4v) is 5.34. The SMILES string of the molecule is O=C(c1ccc(Cl)c(N2CCOCC2)c1)N1CCC[C@H](Cc2cncc3ccccc23)CC1. The van der Waals surface area contributed by atoms with Crippen molar-refractivity contribution in [2.24, 2.45) is 5.92 Å². The van der Waals surface area contributed by atoms with Gasteiger partial charge < -0.3 is 14.5 Å². The predicted octanol–water partition coefficient (Wildman–Crippen LogP) is 5.21. The van der Waals surface area contributed by atoms with Gasteiger partial charge in [0.15, 0.2) is 0 Å². The maximum Gasteiger partial charge on any atom is 0.253 e. The highest BCUT2D eigenvalue weighted by Crippen LogP contribution is 2.30. The van der Waals surface area contributed by atoms with E-state index in [9.17, 15) is 4.79 Å². The molecule has 1 aromatic heterocycles. The zero-order valence-corrected chi connectivity index (χ0v) is 19.6. The van der Waals surface area contributed by atoms with Crippen molar-refractivity contribution in [3.8, 4) is 0 Å². The molecule has 0 aliphatic carbocycles. The van der Waals surface area contributed by atoms with E-state index in [-0.39, 0.29) is 5.91 Å². The lowest BCUT2D eigenvalue weighted by molar-refractivity contribution is 0.0760. The summed E-state index contributed by atoms with van der Waals surface area (Å²) < 4.78 is 5.46. The highest BCUT2D eigenvalue weighted by Gasteiger charge is 2.24. The molecule has 0 radical (unpaired) electrons. The topological polar surface area (TPSA) is 45.7 Å². The fraction of sp³-hybridized carbons (Fsp3) is 0.407. The number of carbonyl (C=O) groups excluding carboxylic acids is 1. The molecule has 0 unspecified atom stereocenters. The molecule has 0 saturated carbocycles. The number of aromatic nitrogens is 1. The molecule has 5 rings (SSSR count). The Morgan fingerprint density at radius 2 is 1.88 bits per heavy atom. The number of ether oxygens (including phenoxy) is 1. The van der Waals surface area contributed by atoms with Gasteiger partial charge in [-0.3, -0.25) is 9.78 Å². The van der Waals surface area contributed by atoms with Crippen LogP contribution in [0.15, 0.2) is 54.9 Å². The van der Waals surface area contributed by atoms with Crippen molar-refractivity contribution in [2.75, 3.05) is 44.3 Å². The van der Waals surface area contributed by atoms with E-state index in [1.54, 1.807) is 0 Å². The van der Waals surface area contributed by atoms with Crippen molar-refractivity contribution < 1.29 is 9.53 Å². The van der Waals surface area contributed by atoms with Crippen molar-refractivity contribution in [3.63, 3.8) is 0 Å². The van der Waals surface area contributed by atoms with Gasteiger partial charge in [-0.1, -0.05) is 35.9 Å². The van der Waals surface area contributed by atoms with E-state index in [0.717, 1.165) is 63.1 Å². The molecule has 3 aromatic rings. The van der Waals surface area contributed by atoms with Gasteiger partial charge in [-0.15, -0.1) is 0 Å². The van der Waals surface area contributed by atoms with Crippen LogP contribution in [0.2, 0.25) is 5.02 Å². The Bertz CT molecular complexity index is 1120. The van der Waals surface area contributed by atoms with Crippen LogP contribution in [0.5, 0.6) is 0 Å². The van der Waals surface area contributed by atoms with Crippen LogP contribution in [-0.4, -0.2) is 55.2 Å². The minimum atomic E-state index is 0.105. The van der Waals surface area contributed by atoms with Crippen molar-refractivity contribution in [1.82, 2.24) is 9.88 Å². The van der Waals surface area contributed by atoms with E-state index >= 15 is 0 Å². The van der Waals surface area contributed by atoms with Crippen molar-refractivity contribution >= 4 is 34.0 Å².